The monoisotopic (exact) mass is 234 g/mol. The summed E-state index contributed by atoms with van der Waals surface area (Å²) in [5.74, 6) is 1.94. The number of hydrogen-bond acceptors (Lipinski definition) is 3. The van der Waals surface area contributed by atoms with Crippen LogP contribution in [-0.4, -0.2) is 28.1 Å². The van der Waals surface area contributed by atoms with Crippen molar-refractivity contribution < 1.29 is 9.31 Å². The van der Waals surface area contributed by atoms with Crippen molar-refractivity contribution in [2.45, 2.75) is 45.4 Å². The molecule has 1 saturated heterocycles. The highest BCUT2D eigenvalue weighted by atomic mass is 16.7. The first-order valence-corrected chi connectivity index (χ1v) is 5.90. The third-order valence-electron chi connectivity index (χ3n) is 3.42. The minimum atomic E-state index is -0.270. The molecule has 1 aromatic heterocycles. The molecular weight excluding hydrogens is 215 g/mol. The van der Waals surface area contributed by atoms with Gasteiger partial charge in [-0.25, -0.2) is 0 Å². The zero-order valence-corrected chi connectivity index (χ0v) is 10.9. The molecule has 0 unspecified atom stereocenters. The van der Waals surface area contributed by atoms with Crippen LogP contribution in [0.4, 0.5) is 0 Å². The smallest absolute Gasteiger partial charge is 0.400 e. The van der Waals surface area contributed by atoms with Gasteiger partial charge in [0.2, 0.25) is 0 Å². The first-order chi connectivity index (χ1) is 7.91. The van der Waals surface area contributed by atoms with Gasteiger partial charge in [0.05, 0.1) is 17.7 Å². The Bertz CT molecular complexity index is 383. The molecule has 1 aromatic rings. The Morgan fingerprint density at radius 3 is 2.41 bits per heavy atom. The van der Waals surface area contributed by atoms with Gasteiger partial charge in [-0.1, -0.05) is 12.1 Å². The molecule has 92 valence electrons. The molecule has 0 aromatic carbocycles. The molecule has 2 rings (SSSR count). The highest BCUT2D eigenvalue weighted by Crippen LogP contribution is 2.36. The van der Waals surface area contributed by atoms with Crippen LogP contribution in [0.15, 0.2) is 30.5 Å². The highest BCUT2D eigenvalue weighted by Gasteiger charge is 2.49. The fraction of sp³-hybridized carbons (Fsp3) is 0.583. The average molecular weight is 234 g/mol. The molecule has 1 aliphatic rings. The van der Waals surface area contributed by atoms with Crippen LogP contribution in [-0.2, 0) is 15.9 Å². The van der Waals surface area contributed by atoms with Gasteiger partial charge in [-0.15, -0.1) is 0 Å². The predicted molar refractivity (Wildman–Crippen MR) is 67.4 cm³/mol. The number of rotatable bonds is 3. The first-order valence-electron chi connectivity index (χ1n) is 5.90. The van der Waals surface area contributed by atoms with Crippen molar-refractivity contribution in [3.05, 3.63) is 30.5 Å². The Hall–Kier alpha value is -1.07. The Morgan fingerprint density at radius 2 is 1.88 bits per heavy atom. The molecule has 5 heteroatoms. The minimum Gasteiger partial charge on any atom is -0.400 e. The van der Waals surface area contributed by atoms with Gasteiger partial charge < -0.3 is 9.31 Å². The maximum atomic E-state index is 5.84. The molecule has 0 saturated carbocycles. The van der Waals surface area contributed by atoms with Crippen LogP contribution in [0.5, 0.6) is 0 Å². The molecule has 1 aliphatic heterocycles. The van der Waals surface area contributed by atoms with Crippen molar-refractivity contribution in [1.82, 2.24) is 9.78 Å². The Morgan fingerprint density at radius 1 is 1.24 bits per heavy atom. The molecule has 0 spiro atoms. The summed E-state index contributed by atoms with van der Waals surface area (Å²) in [6.45, 7) is 8.93. The molecule has 0 amide bonds. The fourth-order valence-corrected chi connectivity index (χ4v) is 1.66. The summed E-state index contributed by atoms with van der Waals surface area (Å²) in [5.41, 5.74) is -0.540. The maximum Gasteiger partial charge on any atom is 0.486 e. The van der Waals surface area contributed by atoms with E-state index in [9.17, 15) is 0 Å². The van der Waals surface area contributed by atoms with Gasteiger partial charge in [-0.2, -0.15) is 5.10 Å². The van der Waals surface area contributed by atoms with Crippen LogP contribution in [0.1, 0.15) is 27.7 Å². The number of aromatic nitrogens is 2. The average Bonchev–Trinajstić information content (AvgIpc) is 2.74. The topological polar surface area (TPSA) is 36.3 Å². The quantitative estimate of drug-likeness (QED) is 0.751. The summed E-state index contributed by atoms with van der Waals surface area (Å²) < 4.78 is 13.5. The molecule has 17 heavy (non-hydrogen) atoms. The van der Waals surface area contributed by atoms with E-state index in [0.717, 1.165) is 6.54 Å². The number of hydrogen-bond donors (Lipinski definition) is 0. The lowest BCUT2D eigenvalue weighted by Crippen LogP contribution is -2.41. The molecule has 1 fully saturated rings. The van der Waals surface area contributed by atoms with Gasteiger partial charge >= 0.3 is 7.12 Å². The van der Waals surface area contributed by atoms with Gasteiger partial charge in [-0.3, -0.25) is 4.68 Å². The summed E-state index contributed by atoms with van der Waals surface area (Å²) in [7, 11) is -0.268. The summed E-state index contributed by atoms with van der Waals surface area (Å²) >= 11 is 0. The van der Waals surface area contributed by atoms with Crippen LogP contribution >= 0.6 is 0 Å². The van der Waals surface area contributed by atoms with Crippen molar-refractivity contribution in [3.63, 3.8) is 0 Å². The Balaban J connectivity index is 1.91. The van der Waals surface area contributed by atoms with E-state index in [1.807, 2.05) is 56.7 Å². The summed E-state index contributed by atoms with van der Waals surface area (Å²) in [6, 6.07) is 1.91. The van der Waals surface area contributed by atoms with E-state index < -0.39 is 0 Å². The van der Waals surface area contributed by atoms with E-state index in [1.165, 1.54) is 0 Å². The van der Waals surface area contributed by atoms with E-state index in [1.54, 1.807) is 6.20 Å². The van der Waals surface area contributed by atoms with Gasteiger partial charge in [0, 0.05) is 12.4 Å². The predicted octanol–water partition coefficient (Wildman–Crippen LogP) is 2.07. The molecule has 0 N–H and O–H groups in total. The molecule has 2 heterocycles. The van der Waals surface area contributed by atoms with Crippen molar-refractivity contribution in [3.8, 4) is 0 Å². The van der Waals surface area contributed by atoms with Crippen molar-refractivity contribution in [1.29, 1.82) is 0 Å². The normalized spacial score (nSPS) is 22.5. The zero-order chi connectivity index (χ0) is 12.5. The lowest BCUT2D eigenvalue weighted by Gasteiger charge is -2.32. The zero-order valence-electron chi connectivity index (χ0n) is 10.9. The highest BCUT2D eigenvalue weighted by molar-refractivity contribution is 6.51. The molecule has 0 atom stereocenters. The van der Waals surface area contributed by atoms with Crippen LogP contribution in [0.2, 0.25) is 0 Å². The number of allylic oxidation sites excluding steroid dienone is 1. The van der Waals surface area contributed by atoms with E-state index in [4.69, 9.17) is 9.31 Å². The van der Waals surface area contributed by atoms with Gasteiger partial charge in [0.15, 0.2) is 0 Å². The third kappa shape index (κ3) is 2.61. The summed E-state index contributed by atoms with van der Waals surface area (Å²) in [6.07, 6.45) is 5.70. The maximum absolute atomic E-state index is 5.84. The molecule has 0 radical (unpaired) electrons. The van der Waals surface area contributed by atoms with Crippen LogP contribution in [0.25, 0.3) is 0 Å². The first kappa shape index (κ1) is 12.4. The van der Waals surface area contributed by atoms with E-state index in [2.05, 4.69) is 5.10 Å². The lowest BCUT2D eigenvalue weighted by atomic mass is 9.90. The van der Waals surface area contributed by atoms with Crippen LogP contribution < -0.4 is 0 Å². The van der Waals surface area contributed by atoms with Gasteiger partial charge in [-0.05, 0) is 33.8 Å². The SMILES string of the molecule is CC1(C)OB(/C=C/Cn2cccn2)OC1(C)C. The summed E-state index contributed by atoms with van der Waals surface area (Å²) in [5, 5.41) is 4.12. The molecular formula is C12H19BN2O2. The molecule has 0 aliphatic carbocycles. The van der Waals surface area contributed by atoms with Crippen LogP contribution in [0, 0.1) is 0 Å². The minimum absolute atomic E-state index is 0.268. The Kier molecular flexibility index (Phi) is 3.14. The Labute approximate surface area is 103 Å². The van der Waals surface area contributed by atoms with Gasteiger partial charge in [0.25, 0.3) is 0 Å². The van der Waals surface area contributed by atoms with Crippen molar-refractivity contribution in [2.24, 2.45) is 0 Å². The van der Waals surface area contributed by atoms with E-state index >= 15 is 0 Å². The second-order valence-electron chi connectivity index (χ2n) is 5.28. The fourth-order valence-electron chi connectivity index (χ4n) is 1.66. The number of nitrogens with zero attached hydrogens (tertiary/aromatic N) is 2. The van der Waals surface area contributed by atoms with Crippen molar-refractivity contribution >= 4 is 7.12 Å². The van der Waals surface area contributed by atoms with Crippen molar-refractivity contribution in [2.75, 3.05) is 0 Å². The standard InChI is InChI=1S/C12H19BN2O2/c1-11(2)12(3,4)17-13(16-11)7-5-9-15-10-6-8-14-15/h5-8,10H,9H2,1-4H3/b7-5+. The second-order valence-corrected chi connectivity index (χ2v) is 5.28. The second kappa shape index (κ2) is 4.31. The molecule has 4 nitrogen and oxygen atoms in total. The largest absolute Gasteiger partial charge is 0.486 e. The van der Waals surface area contributed by atoms with Crippen LogP contribution in [0.3, 0.4) is 0 Å². The van der Waals surface area contributed by atoms with Gasteiger partial charge in [0.1, 0.15) is 0 Å². The van der Waals surface area contributed by atoms with E-state index in [0.29, 0.717) is 0 Å². The summed E-state index contributed by atoms with van der Waals surface area (Å²) in [4.78, 5) is 0. The van der Waals surface area contributed by atoms with E-state index in [-0.39, 0.29) is 18.3 Å². The molecule has 0 bridgehead atoms. The third-order valence-corrected chi connectivity index (χ3v) is 3.42. The lowest BCUT2D eigenvalue weighted by molar-refractivity contribution is 0.00578.